The lowest BCUT2D eigenvalue weighted by Crippen LogP contribution is -2.52. The number of alkyl carbamates (subject to hydrolysis) is 1. The molecule has 2 atom stereocenters. The molecule has 30 heavy (non-hydrogen) atoms. The molecular formula is C20H30N2O7S. The van der Waals surface area contributed by atoms with Crippen LogP contribution in [-0.2, 0) is 35.5 Å². The molecule has 2 unspecified atom stereocenters. The van der Waals surface area contributed by atoms with Gasteiger partial charge in [-0.15, -0.1) is 0 Å². The molecule has 10 heteroatoms. The molecule has 2 amide bonds. The number of hydrogen-bond donors (Lipinski definition) is 2. The van der Waals surface area contributed by atoms with Gasteiger partial charge in [0.05, 0.1) is 5.75 Å². The van der Waals surface area contributed by atoms with Crippen LogP contribution in [0.2, 0.25) is 0 Å². The van der Waals surface area contributed by atoms with Gasteiger partial charge in [0.15, 0.2) is 0 Å². The summed E-state index contributed by atoms with van der Waals surface area (Å²) in [7, 11) is -3.35. The van der Waals surface area contributed by atoms with Crippen molar-refractivity contribution in [2.75, 3.05) is 12.0 Å². The summed E-state index contributed by atoms with van der Waals surface area (Å²) in [6.07, 6.45) is 0.0879. The Kier molecular flexibility index (Phi) is 9.28. The van der Waals surface area contributed by atoms with E-state index in [1.54, 1.807) is 45.0 Å². The molecule has 2 N–H and O–H groups in total. The number of benzene rings is 1. The van der Waals surface area contributed by atoms with Crippen molar-refractivity contribution in [1.82, 2.24) is 10.6 Å². The zero-order valence-corrected chi connectivity index (χ0v) is 18.7. The van der Waals surface area contributed by atoms with Gasteiger partial charge in [-0.3, -0.25) is 4.79 Å². The highest BCUT2D eigenvalue weighted by atomic mass is 32.2. The molecule has 1 aromatic rings. The first-order valence-corrected chi connectivity index (χ1v) is 11.5. The van der Waals surface area contributed by atoms with Crippen LogP contribution in [0.3, 0.4) is 0 Å². The van der Waals surface area contributed by atoms with Gasteiger partial charge in [-0.1, -0.05) is 30.3 Å². The van der Waals surface area contributed by atoms with Gasteiger partial charge >= 0.3 is 12.1 Å². The van der Waals surface area contributed by atoms with Crippen LogP contribution in [0, 0.1) is 0 Å². The lowest BCUT2D eigenvalue weighted by atomic mass is 10.1. The van der Waals surface area contributed by atoms with E-state index in [4.69, 9.17) is 9.47 Å². The average molecular weight is 443 g/mol. The van der Waals surface area contributed by atoms with Crippen molar-refractivity contribution in [3.63, 3.8) is 0 Å². The molecule has 0 spiro atoms. The van der Waals surface area contributed by atoms with Crippen molar-refractivity contribution < 1.29 is 32.3 Å². The fourth-order valence-corrected chi connectivity index (χ4v) is 2.92. The Morgan fingerprint density at radius 3 is 2.20 bits per heavy atom. The Labute approximate surface area is 177 Å². The molecule has 0 radical (unpaired) electrons. The zero-order chi connectivity index (χ0) is 22.9. The number of amides is 2. The van der Waals surface area contributed by atoms with Gasteiger partial charge in [-0.2, -0.15) is 0 Å². The van der Waals surface area contributed by atoms with Gasteiger partial charge in [0.2, 0.25) is 5.91 Å². The van der Waals surface area contributed by atoms with Gasteiger partial charge in [-0.05, 0) is 39.7 Å². The molecule has 0 aromatic heterocycles. The average Bonchev–Trinajstić information content (AvgIpc) is 2.61. The minimum absolute atomic E-state index is 0.0376. The molecule has 0 saturated carbocycles. The number of carbonyl (C=O) groups is 3. The van der Waals surface area contributed by atoms with Crippen LogP contribution >= 0.6 is 0 Å². The standard InChI is InChI=1S/C20H30N2O7S/c1-14(21-19(25)28-13-15-9-7-6-8-10-15)17(23)22-16(11-12-30(5,26)27)18(24)29-20(2,3)4/h6-10,14,16H,11-13H2,1-5H3,(H,21,25)(H,22,23). The third-order valence-corrected chi connectivity index (χ3v) is 4.70. The van der Waals surface area contributed by atoms with E-state index in [2.05, 4.69) is 10.6 Å². The van der Waals surface area contributed by atoms with E-state index in [0.29, 0.717) is 0 Å². The summed E-state index contributed by atoms with van der Waals surface area (Å²) in [5, 5.41) is 4.81. The monoisotopic (exact) mass is 442 g/mol. The highest BCUT2D eigenvalue weighted by molar-refractivity contribution is 7.90. The van der Waals surface area contributed by atoms with Gasteiger partial charge < -0.3 is 20.1 Å². The van der Waals surface area contributed by atoms with Gasteiger partial charge in [-0.25, -0.2) is 18.0 Å². The number of nitrogens with one attached hydrogen (secondary N) is 2. The van der Waals surface area contributed by atoms with Crippen LogP contribution in [0.25, 0.3) is 0 Å². The molecule has 0 aliphatic carbocycles. The van der Waals surface area contributed by atoms with Gasteiger partial charge in [0.1, 0.15) is 34.1 Å². The summed E-state index contributed by atoms with van der Waals surface area (Å²) in [5.74, 6) is -1.73. The van der Waals surface area contributed by atoms with E-state index in [-0.39, 0.29) is 18.8 Å². The molecule has 1 rings (SSSR count). The van der Waals surface area contributed by atoms with Crippen molar-refractivity contribution in [2.45, 2.75) is 58.4 Å². The Hall–Kier alpha value is -2.62. The molecule has 168 valence electrons. The molecule has 1 aromatic carbocycles. The molecule has 9 nitrogen and oxygen atoms in total. The van der Waals surface area contributed by atoms with E-state index in [0.717, 1.165) is 11.8 Å². The number of carbonyl (C=O) groups excluding carboxylic acids is 3. The third kappa shape index (κ3) is 10.8. The molecule has 0 aliphatic rings. The summed E-state index contributed by atoms with van der Waals surface area (Å²) in [6.45, 7) is 6.44. The molecule has 0 fully saturated rings. The second-order valence-electron chi connectivity index (χ2n) is 7.94. The normalized spacial score (nSPS) is 13.6. The second kappa shape index (κ2) is 11.0. The first-order chi connectivity index (χ1) is 13.8. The predicted octanol–water partition coefficient (Wildman–Crippen LogP) is 1.56. The third-order valence-electron chi connectivity index (χ3n) is 3.73. The van der Waals surface area contributed by atoms with Crippen molar-refractivity contribution >= 4 is 27.8 Å². The topological polar surface area (TPSA) is 128 Å². The van der Waals surface area contributed by atoms with Crippen LogP contribution in [0.4, 0.5) is 4.79 Å². The Morgan fingerprint density at radius 2 is 1.67 bits per heavy atom. The van der Waals surface area contributed by atoms with Crippen LogP contribution < -0.4 is 10.6 Å². The minimum atomic E-state index is -3.35. The number of ether oxygens (including phenoxy) is 2. The Morgan fingerprint density at radius 1 is 1.07 bits per heavy atom. The van der Waals surface area contributed by atoms with Gasteiger partial charge in [0, 0.05) is 6.26 Å². The summed E-state index contributed by atoms with van der Waals surface area (Å²) < 4.78 is 33.2. The van der Waals surface area contributed by atoms with Crippen LogP contribution in [0.5, 0.6) is 0 Å². The largest absolute Gasteiger partial charge is 0.458 e. The maximum atomic E-state index is 12.4. The van der Waals surface area contributed by atoms with Crippen LogP contribution in [-0.4, -0.2) is 56.1 Å². The van der Waals surface area contributed by atoms with E-state index >= 15 is 0 Å². The summed E-state index contributed by atoms with van der Waals surface area (Å²) in [5.41, 5.74) is -0.0217. The van der Waals surface area contributed by atoms with Crippen molar-refractivity contribution in [3.05, 3.63) is 35.9 Å². The molecule has 0 heterocycles. The van der Waals surface area contributed by atoms with E-state index in [1.807, 2.05) is 6.07 Å². The molecule has 0 bridgehead atoms. The lowest BCUT2D eigenvalue weighted by Gasteiger charge is -2.25. The SMILES string of the molecule is CC(NC(=O)OCc1ccccc1)C(=O)NC(CCS(C)(=O)=O)C(=O)OC(C)(C)C. The molecule has 0 saturated heterocycles. The quantitative estimate of drug-likeness (QED) is 0.556. The summed E-state index contributed by atoms with van der Waals surface area (Å²) >= 11 is 0. The maximum Gasteiger partial charge on any atom is 0.408 e. The van der Waals surface area contributed by atoms with Crippen molar-refractivity contribution in [2.24, 2.45) is 0 Å². The van der Waals surface area contributed by atoms with E-state index in [1.165, 1.54) is 6.92 Å². The van der Waals surface area contributed by atoms with Crippen molar-refractivity contribution in [3.8, 4) is 0 Å². The van der Waals surface area contributed by atoms with Gasteiger partial charge in [0.25, 0.3) is 0 Å². The highest BCUT2D eigenvalue weighted by Gasteiger charge is 2.29. The van der Waals surface area contributed by atoms with Crippen molar-refractivity contribution in [1.29, 1.82) is 0 Å². The van der Waals surface area contributed by atoms with Crippen LogP contribution in [0.15, 0.2) is 30.3 Å². The predicted molar refractivity (Wildman–Crippen MR) is 111 cm³/mol. The number of hydrogen-bond acceptors (Lipinski definition) is 7. The fourth-order valence-electron chi connectivity index (χ4n) is 2.26. The number of sulfone groups is 1. The zero-order valence-electron chi connectivity index (χ0n) is 17.9. The smallest absolute Gasteiger partial charge is 0.408 e. The highest BCUT2D eigenvalue weighted by Crippen LogP contribution is 2.11. The Balaban J connectivity index is 2.66. The van der Waals surface area contributed by atoms with Crippen LogP contribution in [0.1, 0.15) is 39.7 Å². The minimum Gasteiger partial charge on any atom is -0.458 e. The molecular weight excluding hydrogens is 412 g/mol. The fraction of sp³-hybridized carbons (Fsp3) is 0.550. The van der Waals surface area contributed by atoms with E-state index < -0.39 is 45.5 Å². The second-order valence-corrected chi connectivity index (χ2v) is 10.2. The first-order valence-electron chi connectivity index (χ1n) is 9.45. The summed E-state index contributed by atoms with van der Waals surface area (Å²) in [4.78, 5) is 36.7. The number of esters is 1. The Bertz CT molecular complexity index is 832. The maximum absolute atomic E-state index is 12.4. The first kappa shape index (κ1) is 25.4. The summed E-state index contributed by atoms with van der Waals surface area (Å²) in [6, 6.07) is 6.83. The van der Waals surface area contributed by atoms with E-state index in [9.17, 15) is 22.8 Å². The number of rotatable bonds is 9. The molecule has 0 aliphatic heterocycles. The lowest BCUT2D eigenvalue weighted by molar-refractivity contribution is -0.158.